The molecule has 0 aliphatic carbocycles. The first-order valence-corrected chi connectivity index (χ1v) is 11.0. The Kier molecular flexibility index (Phi) is 12.6. The van der Waals surface area contributed by atoms with Crippen molar-refractivity contribution < 1.29 is 24.6 Å². The van der Waals surface area contributed by atoms with Crippen LogP contribution in [0.5, 0.6) is 0 Å². The molecule has 5 heteroatoms. The minimum Gasteiger partial charge on any atom is -0.481 e. The fourth-order valence-electron chi connectivity index (χ4n) is 3.08. The van der Waals surface area contributed by atoms with Crippen LogP contribution < -0.4 is 0 Å². The standard InChI is InChI=1S/C16H14O3.C10H20O2/c1-11(16(18)19)13-8-5-9-14(10-13)15(17)12-6-3-2-4-7-12;1-2-3-4-5-6-7-8-9-10(11)12/h2-11H,1H3,(H,18,19);2-9H2,1H3,(H,11,12). The van der Waals surface area contributed by atoms with Crippen LogP contribution in [0.2, 0.25) is 0 Å². The summed E-state index contributed by atoms with van der Waals surface area (Å²) in [5, 5.41) is 17.4. The number of unbranched alkanes of at least 4 members (excludes halogenated alkanes) is 6. The molecule has 0 saturated carbocycles. The molecular weight excluding hydrogens is 392 g/mol. The van der Waals surface area contributed by atoms with E-state index in [0.717, 1.165) is 12.8 Å². The van der Waals surface area contributed by atoms with Gasteiger partial charge in [0.15, 0.2) is 5.78 Å². The number of hydrogen-bond donors (Lipinski definition) is 2. The lowest BCUT2D eigenvalue weighted by Crippen LogP contribution is -2.09. The van der Waals surface area contributed by atoms with Crippen LogP contribution in [0.1, 0.15) is 92.6 Å². The molecule has 2 rings (SSSR count). The first-order chi connectivity index (χ1) is 14.9. The third-order valence-electron chi connectivity index (χ3n) is 5.05. The van der Waals surface area contributed by atoms with E-state index in [9.17, 15) is 14.4 Å². The summed E-state index contributed by atoms with van der Waals surface area (Å²) >= 11 is 0. The number of rotatable bonds is 12. The Morgan fingerprint density at radius 1 is 0.774 bits per heavy atom. The van der Waals surface area contributed by atoms with E-state index in [-0.39, 0.29) is 5.78 Å². The summed E-state index contributed by atoms with van der Waals surface area (Å²) in [5.41, 5.74) is 1.74. The van der Waals surface area contributed by atoms with E-state index < -0.39 is 17.9 Å². The summed E-state index contributed by atoms with van der Waals surface area (Å²) in [7, 11) is 0. The molecule has 2 aromatic rings. The molecule has 0 saturated heterocycles. The molecule has 168 valence electrons. The van der Waals surface area contributed by atoms with Gasteiger partial charge in [-0.3, -0.25) is 14.4 Å². The minimum absolute atomic E-state index is 0.0972. The molecule has 0 amide bonds. The Morgan fingerprint density at radius 3 is 1.94 bits per heavy atom. The van der Waals surface area contributed by atoms with Crippen LogP contribution in [0, 0.1) is 0 Å². The number of carboxylic acids is 2. The lowest BCUT2D eigenvalue weighted by Gasteiger charge is -2.08. The van der Waals surface area contributed by atoms with Crippen molar-refractivity contribution in [2.75, 3.05) is 0 Å². The Bertz CT molecular complexity index is 814. The third kappa shape index (κ3) is 10.6. The maximum absolute atomic E-state index is 12.2. The summed E-state index contributed by atoms with van der Waals surface area (Å²) in [6, 6.07) is 15.7. The fraction of sp³-hybridized carbons (Fsp3) is 0.423. The SMILES string of the molecule is CC(C(=O)O)c1cccc(C(=O)c2ccccc2)c1.CCCCCCCCCC(=O)O. The number of ketones is 1. The van der Waals surface area contributed by atoms with Gasteiger partial charge in [0.25, 0.3) is 0 Å². The number of carbonyl (C=O) groups excluding carboxylic acids is 1. The van der Waals surface area contributed by atoms with Crippen molar-refractivity contribution in [3.05, 3.63) is 71.3 Å². The lowest BCUT2D eigenvalue weighted by atomic mass is 9.96. The molecule has 0 aromatic heterocycles. The summed E-state index contributed by atoms with van der Waals surface area (Å²) in [6.07, 6.45) is 8.64. The van der Waals surface area contributed by atoms with Crippen molar-refractivity contribution in [3.63, 3.8) is 0 Å². The van der Waals surface area contributed by atoms with E-state index in [2.05, 4.69) is 6.92 Å². The normalized spacial score (nSPS) is 11.2. The Balaban J connectivity index is 0.000000348. The van der Waals surface area contributed by atoms with Crippen molar-refractivity contribution in [2.45, 2.75) is 71.1 Å². The van der Waals surface area contributed by atoms with Crippen LogP contribution in [-0.4, -0.2) is 27.9 Å². The summed E-state index contributed by atoms with van der Waals surface area (Å²) in [6.45, 7) is 3.80. The van der Waals surface area contributed by atoms with Crippen molar-refractivity contribution in [1.82, 2.24) is 0 Å². The van der Waals surface area contributed by atoms with Gasteiger partial charge in [0.05, 0.1) is 5.92 Å². The molecule has 0 heterocycles. The summed E-state index contributed by atoms with van der Waals surface area (Å²) in [4.78, 5) is 33.3. The van der Waals surface area contributed by atoms with Crippen LogP contribution in [0.4, 0.5) is 0 Å². The van der Waals surface area contributed by atoms with Crippen LogP contribution in [0.15, 0.2) is 54.6 Å². The van der Waals surface area contributed by atoms with Crippen LogP contribution in [0.25, 0.3) is 0 Å². The van der Waals surface area contributed by atoms with Gasteiger partial charge in [-0.1, -0.05) is 94.0 Å². The van der Waals surface area contributed by atoms with Crippen LogP contribution in [-0.2, 0) is 9.59 Å². The third-order valence-corrected chi connectivity index (χ3v) is 5.05. The molecule has 2 N–H and O–H groups in total. The molecular formula is C26H34O5. The first kappa shape index (κ1) is 26.1. The molecule has 5 nitrogen and oxygen atoms in total. The predicted octanol–water partition coefficient (Wildman–Crippen LogP) is 6.32. The smallest absolute Gasteiger partial charge is 0.310 e. The zero-order valence-electron chi connectivity index (χ0n) is 18.5. The van der Waals surface area contributed by atoms with Gasteiger partial charge < -0.3 is 10.2 Å². The van der Waals surface area contributed by atoms with Gasteiger partial charge in [-0.05, 0) is 25.0 Å². The van der Waals surface area contributed by atoms with E-state index in [1.807, 2.05) is 6.07 Å². The zero-order valence-corrected chi connectivity index (χ0v) is 18.5. The molecule has 0 aliphatic rings. The largest absolute Gasteiger partial charge is 0.481 e. The highest BCUT2D eigenvalue weighted by atomic mass is 16.4. The Morgan fingerprint density at radius 2 is 1.35 bits per heavy atom. The van der Waals surface area contributed by atoms with E-state index >= 15 is 0 Å². The molecule has 0 bridgehead atoms. The maximum Gasteiger partial charge on any atom is 0.310 e. The average molecular weight is 427 g/mol. The fourth-order valence-corrected chi connectivity index (χ4v) is 3.08. The molecule has 0 spiro atoms. The lowest BCUT2D eigenvalue weighted by molar-refractivity contribution is -0.138. The molecule has 0 fully saturated rings. The second kappa shape index (κ2) is 14.9. The van der Waals surface area contributed by atoms with E-state index in [1.165, 1.54) is 32.1 Å². The number of aliphatic carboxylic acids is 2. The average Bonchev–Trinajstić information content (AvgIpc) is 2.78. The maximum atomic E-state index is 12.2. The number of carbonyl (C=O) groups is 3. The van der Waals surface area contributed by atoms with Crippen molar-refractivity contribution in [2.24, 2.45) is 0 Å². The summed E-state index contributed by atoms with van der Waals surface area (Å²) < 4.78 is 0. The Labute approximate surface area is 185 Å². The zero-order chi connectivity index (χ0) is 23.1. The molecule has 1 atom stereocenters. The van der Waals surface area contributed by atoms with E-state index in [1.54, 1.807) is 55.5 Å². The van der Waals surface area contributed by atoms with Gasteiger partial charge >= 0.3 is 11.9 Å². The minimum atomic E-state index is -0.899. The van der Waals surface area contributed by atoms with Gasteiger partial charge in [0.2, 0.25) is 0 Å². The van der Waals surface area contributed by atoms with Gasteiger partial charge in [-0.15, -0.1) is 0 Å². The molecule has 31 heavy (non-hydrogen) atoms. The molecule has 0 aliphatic heterocycles. The number of hydrogen-bond acceptors (Lipinski definition) is 3. The van der Waals surface area contributed by atoms with Crippen molar-refractivity contribution >= 4 is 17.7 Å². The van der Waals surface area contributed by atoms with E-state index in [4.69, 9.17) is 10.2 Å². The molecule has 0 radical (unpaired) electrons. The first-order valence-electron chi connectivity index (χ1n) is 11.0. The number of benzene rings is 2. The number of carboxylic acid groups (broad SMARTS) is 2. The topological polar surface area (TPSA) is 91.7 Å². The quantitative estimate of drug-likeness (QED) is 0.306. The monoisotopic (exact) mass is 426 g/mol. The van der Waals surface area contributed by atoms with Gasteiger partial charge in [-0.2, -0.15) is 0 Å². The van der Waals surface area contributed by atoms with Crippen LogP contribution in [0.3, 0.4) is 0 Å². The van der Waals surface area contributed by atoms with Gasteiger partial charge in [0, 0.05) is 17.5 Å². The second-order valence-electron chi connectivity index (χ2n) is 7.65. The predicted molar refractivity (Wildman–Crippen MR) is 123 cm³/mol. The molecule has 2 aromatic carbocycles. The molecule has 1 unspecified atom stereocenters. The highest BCUT2D eigenvalue weighted by molar-refractivity contribution is 6.09. The van der Waals surface area contributed by atoms with Gasteiger partial charge in [0.1, 0.15) is 0 Å². The van der Waals surface area contributed by atoms with Crippen molar-refractivity contribution in [3.8, 4) is 0 Å². The van der Waals surface area contributed by atoms with E-state index in [0.29, 0.717) is 23.1 Å². The van der Waals surface area contributed by atoms with Crippen molar-refractivity contribution in [1.29, 1.82) is 0 Å². The highest BCUT2D eigenvalue weighted by Crippen LogP contribution is 2.18. The highest BCUT2D eigenvalue weighted by Gasteiger charge is 2.16. The summed E-state index contributed by atoms with van der Waals surface area (Å²) in [5.74, 6) is -2.28. The Hall–Kier alpha value is -2.95. The van der Waals surface area contributed by atoms with Crippen LogP contribution >= 0.6 is 0 Å². The van der Waals surface area contributed by atoms with Gasteiger partial charge in [-0.25, -0.2) is 0 Å². The second-order valence-corrected chi connectivity index (χ2v) is 7.65.